The van der Waals surface area contributed by atoms with Gasteiger partial charge in [0.05, 0.1) is 17.6 Å². The van der Waals surface area contributed by atoms with E-state index in [1.54, 1.807) is 20.8 Å². The fourth-order valence-electron chi connectivity index (χ4n) is 4.24. The Balaban J connectivity index is 3.56. The van der Waals surface area contributed by atoms with Gasteiger partial charge >= 0.3 is 17.9 Å². The molecule has 0 aromatic rings. The molecule has 0 saturated heterocycles. The summed E-state index contributed by atoms with van der Waals surface area (Å²) in [6, 6.07) is 0. The molecule has 11 nitrogen and oxygen atoms in total. The van der Waals surface area contributed by atoms with Gasteiger partial charge in [0, 0.05) is 23.1 Å². The van der Waals surface area contributed by atoms with Gasteiger partial charge in [0.25, 0.3) is 0 Å². The molecular weight excluding hydrogens is 536 g/mol. The molecule has 1 aliphatic rings. The lowest BCUT2D eigenvalue weighted by Crippen LogP contribution is -2.69. The molecule has 5 N–H and O–H groups in total. The minimum Gasteiger partial charge on any atom is -0.456 e. The van der Waals surface area contributed by atoms with Crippen LogP contribution in [0.25, 0.3) is 0 Å². The van der Waals surface area contributed by atoms with Gasteiger partial charge in [-0.05, 0) is 67.9 Å². The van der Waals surface area contributed by atoms with Crippen LogP contribution in [0.3, 0.4) is 0 Å². The van der Waals surface area contributed by atoms with Crippen molar-refractivity contribution < 1.29 is 54.1 Å². The molecule has 232 valence electrons. The van der Waals surface area contributed by atoms with Crippen LogP contribution in [0.5, 0.6) is 0 Å². The van der Waals surface area contributed by atoms with Crippen molar-refractivity contribution in [3.63, 3.8) is 0 Å². The van der Waals surface area contributed by atoms with Crippen LogP contribution in [0.4, 0.5) is 0 Å². The van der Waals surface area contributed by atoms with E-state index in [0.29, 0.717) is 0 Å². The molecule has 0 aliphatic heterocycles. The highest BCUT2D eigenvalue weighted by molar-refractivity contribution is 5.88. The smallest absolute Gasteiger partial charge is 0.333 e. The monoisotopic (exact) mass is 582 g/mol. The molecule has 0 heterocycles. The zero-order valence-electron chi connectivity index (χ0n) is 25.4. The summed E-state index contributed by atoms with van der Waals surface area (Å²) in [6.45, 7) is 17.0. The summed E-state index contributed by atoms with van der Waals surface area (Å²) >= 11 is 0. The third kappa shape index (κ3) is 8.59. The largest absolute Gasteiger partial charge is 0.456 e. The molecular formula is C30H46O11. The standard InChI is InChI=1S/C30H46O11/c1-11-15(4)26(34)39-20(29(8,9)37)14-19(31)18(7)21-22(32)25(41-28(36)17(6)13-3)30(10,38)24(33)23(21)40-27(35)16(5)12-2/h11-13,19-25,31-33,37-38H,7,14H2,1-6,8-10H3/b15-11-,16-12-,17-13-/t19?,20?,21-,22-,23-,24-,25-,30-/m1/s1. The molecule has 11 heteroatoms. The highest BCUT2D eigenvalue weighted by Crippen LogP contribution is 2.42. The number of ether oxygens (including phenoxy) is 3. The van der Waals surface area contributed by atoms with Gasteiger partial charge < -0.3 is 39.7 Å². The summed E-state index contributed by atoms with van der Waals surface area (Å²) in [5.41, 5.74) is -3.48. The molecule has 2 unspecified atom stereocenters. The number of rotatable bonds is 11. The Kier molecular flexibility index (Phi) is 12.7. The minimum absolute atomic E-state index is 0.168. The van der Waals surface area contributed by atoms with E-state index in [9.17, 15) is 39.9 Å². The maximum absolute atomic E-state index is 12.7. The normalized spacial score (nSPS) is 29.3. The van der Waals surface area contributed by atoms with Gasteiger partial charge in [0.1, 0.15) is 30.0 Å². The van der Waals surface area contributed by atoms with Crippen molar-refractivity contribution in [1.29, 1.82) is 0 Å². The predicted molar refractivity (Wildman–Crippen MR) is 150 cm³/mol. The van der Waals surface area contributed by atoms with Gasteiger partial charge in [0.15, 0.2) is 6.10 Å². The lowest BCUT2D eigenvalue weighted by molar-refractivity contribution is -0.255. The Labute approximate surface area is 241 Å². The fourth-order valence-corrected chi connectivity index (χ4v) is 4.24. The van der Waals surface area contributed by atoms with Crippen LogP contribution < -0.4 is 0 Å². The lowest BCUT2D eigenvalue weighted by Gasteiger charge is -2.51. The van der Waals surface area contributed by atoms with Gasteiger partial charge in [-0.2, -0.15) is 0 Å². The van der Waals surface area contributed by atoms with E-state index >= 15 is 0 Å². The van der Waals surface area contributed by atoms with Crippen molar-refractivity contribution in [3.8, 4) is 0 Å². The molecule has 0 aromatic heterocycles. The zero-order valence-corrected chi connectivity index (χ0v) is 25.4. The van der Waals surface area contributed by atoms with Gasteiger partial charge in [-0.25, -0.2) is 14.4 Å². The number of carbonyl (C=O) groups excluding carboxylic acids is 3. The van der Waals surface area contributed by atoms with Crippen LogP contribution in [0.1, 0.15) is 68.7 Å². The first-order valence-corrected chi connectivity index (χ1v) is 13.4. The van der Waals surface area contributed by atoms with Crippen LogP contribution in [0, 0.1) is 5.92 Å². The van der Waals surface area contributed by atoms with E-state index in [1.807, 2.05) is 0 Å². The van der Waals surface area contributed by atoms with Crippen LogP contribution in [0.15, 0.2) is 47.1 Å². The number of aliphatic hydroxyl groups is 5. The highest BCUT2D eigenvalue weighted by atomic mass is 16.6. The molecule has 1 aliphatic carbocycles. The molecule has 41 heavy (non-hydrogen) atoms. The Morgan fingerprint density at radius 2 is 1.37 bits per heavy atom. The van der Waals surface area contributed by atoms with E-state index in [-0.39, 0.29) is 22.3 Å². The third-order valence-corrected chi connectivity index (χ3v) is 7.59. The lowest BCUT2D eigenvalue weighted by atomic mass is 9.67. The average Bonchev–Trinajstić information content (AvgIpc) is 2.90. The molecule has 1 rings (SSSR count). The Morgan fingerprint density at radius 3 is 1.80 bits per heavy atom. The zero-order chi connectivity index (χ0) is 32.0. The average molecular weight is 583 g/mol. The first-order chi connectivity index (χ1) is 18.8. The molecule has 0 amide bonds. The second-order valence-electron chi connectivity index (χ2n) is 11.2. The maximum atomic E-state index is 12.7. The maximum Gasteiger partial charge on any atom is 0.333 e. The molecule has 0 aromatic carbocycles. The van der Waals surface area contributed by atoms with E-state index < -0.39 is 78.1 Å². The summed E-state index contributed by atoms with van der Waals surface area (Å²) in [5.74, 6) is -3.92. The van der Waals surface area contributed by atoms with Gasteiger partial charge in [0.2, 0.25) is 0 Å². The summed E-state index contributed by atoms with van der Waals surface area (Å²) in [5, 5.41) is 55.7. The molecule has 0 spiro atoms. The minimum atomic E-state index is -2.30. The quantitative estimate of drug-likeness (QED) is 0.104. The third-order valence-electron chi connectivity index (χ3n) is 7.59. The fraction of sp³-hybridized carbons (Fsp3) is 0.633. The Hall–Kier alpha value is -2.83. The summed E-state index contributed by atoms with van der Waals surface area (Å²) < 4.78 is 16.3. The van der Waals surface area contributed by atoms with Crippen LogP contribution >= 0.6 is 0 Å². The Bertz CT molecular complexity index is 1080. The van der Waals surface area contributed by atoms with E-state index in [4.69, 9.17) is 14.2 Å². The summed E-state index contributed by atoms with van der Waals surface area (Å²) in [4.78, 5) is 37.7. The first kappa shape index (κ1) is 36.2. The number of aliphatic hydroxyl groups excluding tert-OH is 3. The van der Waals surface area contributed by atoms with Gasteiger partial charge in [-0.15, -0.1) is 0 Å². The van der Waals surface area contributed by atoms with Gasteiger partial charge in [-0.3, -0.25) is 0 Å². The predicted octanol–water partition coefficient (Wildman–Crippen LogP) is 1.80. The van der Waals surface area contributed by atoms with E-state index in [2.05, 4.69) is 6.58 Å². The van der Waals surface area contributed by atoms with Crippen molar-refractivity contribution in [2.45, 2.75) is 117 Å². The van der Waals surface area contributed by atoms with Crippen LogP contribution in [-0.2, 0) is 28.6 Å². The molecule has 0 bridgehead atoms. The highest BCUT2D eigenvalue weighted by Gasteiger charge is 2.60. The second-order valence-corrected chi connectivity index (χ2v) is 11.2. The number of allylic oxidation sites excluding steroid dienone is 3. The van der Waals surface area contributed by atoms with Crippen LogP contribution in [-0.4, -0.2) is 91.3 Å². The Morgan fingerprint density at radius 1 is 0.927 bits per heavy atom. The first-order valence-electron chi connectivity index (χ1n) is 13.4. The summed E-state index contributed by atoms with van der Waals surface area (Å²) in [6.07, 6.45) is -5.88. The number of hydrogen-bond donors (Lipinski definition) is 5. The number of hydrogen-bond acceptors (Lipinski definition) is 11. The summed E-state index contributed by atoms with van der Waals surface area (Å²) in [7, 11) is 0. The van der Waals surface area contributed by atoms with Crippen molar-refractivity contribution in [2.24, 2.45) is 5.92 Å². The topological polar surface area (TPSA) is 180 Å². The van der Waals surface area contributed by atoms with Crippen molar-refractivity contribution in [2.75, 3.05) is 0 Å². The van der Waals surface area contributed by atoms with Crippen LogP contribution in [0.2, 0.25) is 0 Å². The van der Waals surface area contributed by atoms with Crippen molar-refractivity contribution in [1.82, 2.24) is 0 Å². The molecule has 8 atom stereocenters. The molecule has 1 fully saturated rings. The number of carbonyl (C=O) groups is 3. The second kappa shape index (κ2) is 14.4. The van der Waals surface area contributed by atoms with Gasteiger partial charge in [-0.1, -0.05) is 24.8 Å². The molecule has 0 radical (unpaired) electrons. The van der Waals surface area contributed by atoms with E-state index in [0.717, 1.165) is 6.92 Å². The van der Waals surface area contributed by atoms with E-state index in [1.165, 1.54) is 52.8 Å². The number of esters is 3. The van der Waals surface area contributed by atoms with Crippen molar-refractivity contribution >= 4 is 17.9 Å². The SMILES string of the molecule is C=C(C(O)CC(OC(=O)/C(C)=C\C)C(C)(C)O)[C@@H]1[C@@H](O)[C@@H](OC(=O)/C(C)=C\C)[C@](C)(O)[C@H](O)[C@@H]1OC(=O)/C(C)=C\C. The van der Waals surface area contributed by atoms with Crippen molar-refractivity contribution in [3.05, 3.63) is 47.1 Å². The molecule has 1 saturated carbocycles.